The van der Waals surface area contributed by atoms with Crippen molar-refractivity contribution in [2.24, 2.45) is 5.73 Å². The van der Waals surface area contributed by atoms with Gasteiger partial charge in [0.05, 0.1) is 18.2 Å². The monoisotopic (exact) mass is 231 g/mol. The average molecular weight is 231 g/mol. The summed E-state index contributed by atoms with van der Waals surface area (Å²) in [5.74, 6) is -0.359. The maximum Gasteiger partial charge on any atom is 0.236 e. The number of hydrogen-bond acceptors (Lipinski definition) is 3. The summed E-state index contributed by atoms with van der Waals surface area (Å²) >= 11 is 0. The topological polar surface area (TPSA) is 70.1 Å². The normalized spacial score (nSPS) is 10.1. The van der Waals surface area contributed by atoms with Crippen LogP contribution in [0.1, 0.15) is 25.0 Å². The van der Waals surface area contributed by atoms with Gasteiger partial charge in [0.15, 0.2) is 0 Å². The van der Waals surface area contributed by atoms with E-state index in [1.807, 2.05) is 37.8 Å². The highest BCUT2D eigenvalue weighted by atomic mass is 16.1. The molecule has 0 aliphatic carbocycles. The molecule has 0 saturated heterocycles. The Labute approximate surface area is 102 Å². The van der Waals surface area contributed by atoms with E-state index >= 15 is 0 Å². The third kappa shape index (κ3) is 3.22. The molecule has 0 spiro atoms. The Morgan fingerprint density at radius 3 is 2.59 bits per heavy atom. The Kier molecular flexibility index (Phi) is 4.11. The molecule has 0 aromatic heterocycles. The van der Waals surface area contributed by atoms with E-state index in [1.54, 1.807) is 6.07 Å². The van der Waals surface area contributed by atoms with Crippen LogP contribution in [0, 0.1) is 18.3 Å². The van der Waals surface area contributed by atoms with Crippen LogP contribution < -0.4 is 10.6 Å². The van der Waals surface area contributed by atoms with Crippen LogP contribution in [-0.2, 0) is 4.79 Å². The van der Waals surface area contributed by atoms with Gasteiger partial charge in [0.25, 0.3) is 0 Å². The number of primary amides is 1. The fourth-order valence-electron chi connectivity index (χ4n) is 1.76. The lowest BCUT2D eigenvalue weighted by atomic mass is 10.1. The number of anilines is 1. The fraction of sp³-hybridized carbons (Fsp3) is 0.385. The van der Waals surface area contributed by atoms with E-state index in [-0.39, 0.29) is 18.5 Å². The van der Waals surface area contributed by atoms with Crippen molar-refractivity contribution in [3.05, 3.63) is 29.3 Å². The van der Waals surface area contributed by atoms with Crippen molar-refractivity contribution in [1.29, 1.82) is 5.26 Å². The van der Waals surface area contributed by atoms with E-state index in [2.05, 4.69) is 6.07 Å². The van der Waals surface area contributed by atoms with Crippen LogP contribution in [0.2, 0.25) is 0 Å². The Morgan fingerprint density at radius 2 is 2.18 bits per heavy atom. The minimum atomic E-state index is -0.359. The second kappa shape index (κ2) is 5.35. The van der Waals surface area contributed by atoms with E-state index in [9.17, 15) is 4.79 Å². The molecule has 1 amide bonds. The predicted molar refractivity (Wildman–Crippen MR) is 67.6 cm³/mol. The van der Waals surface area contributed by atoms with Gasteiger partial charge >= 0.3 is 0 Å². The zero-order chi connectivity index (χ0) is 13.0. The van der Waals surface area contributed by atoms with Gasteiger partial charge < -0.3 is 10.6 Å². The molecule has 0 saturated carbocycles. The van der Waals surface area contributed by atoms with Crippen LogP contribution in [0.3, 0.4) is 0 Å². The first-order chi connectivity index (χ1) is 7.95. The molecule has 1 rings (SSSR count). The minimum absolute atomic E-state index is 0.175. The third-order valence-electron chi connectivity index (χ3n) is 2.58. The van der Waals surface area contributed by atoms with Gasteiger partial charge in [0.1, 0.15) is 0 Å². The summed E-state index contributed by atoms with van der Waals surface area (Å²) in [5.41, 5.74) is 7.77. The van der Waals surface area contributed by atoms with E-state index < -0.39 is 0 Å². The lowest BCUT2D eigenvalue weighted by Gasteiger charge is -2.29. The van der Waals surface area contributed by atoms with Crippen LogP contribution in [0.25, 0.3) is 0 Å². The lowest BCUT2D eigenvalue weighted by Crippen LogP contribution is -2.39. The molecule has 0 atom stereocenters. The van der Waals surface area contributed by atoms with E-state index in [0.717, 1.165) is 11.3 Å². The molecule has 90 valence electrons. The van der Waals surface area contributed by atoms with Gasteiger partial charge in [-0.3, -0.25) is 4.79 Å². The number of nitrogens with zero attached hydrogens (tertiary/aromatic N) is 2. The van der Waals surface area contributed by atoms with E-state index in [1.165, 1.54) is 0 Å². The standard InChI is InChI=1S/C13H17N3O/c1-9(2)16(8-13(15)17)12-5-4-11(7-14)6-10(12)3/h4-6,9H,8H2,1-3H3,(H2,15,17). The maximum atomic E-state index is 11.1. The van der Waals surface area contributed by atoms with Crippen LogP contribution >= 0.6 is 0 Å². The number of carbonyl (C=O) groups is 1. The Balaban J connectivity index is 3.11. The zero-order valence-electron chi connectivity index (χ0n) is 10.4. The third-order valence-corrected chi connectivity index (χ3v) is 2.58. The molecule has 17 heavy (non-hydrogen) atoms. The molecule has 0 radical (unpaired) electrons. The largest absolute Gasteiger partial charge is 0.368 e. The summed E-state index contributed by atoms with van der Waals surface area (Å²) in [4.78, 5) is 13.0. The number of rotatable bonds is 4. The molecule has 0 aliphatic rings. The van der Waals surface area contributed by atoms with Crippen LogP contribution in [0.4, 0.5) is 5.69 Å². The molecule has 0 aliphatic heterocycles. The van der Waals surface area contributed by atoms with Gasteiger partial charge in [-0.15, -0.1) is 0 Å². The minimum Gasteiger partial charge on any atom is -0.368 e. The van der Waals surface area contributed by atoms with Crippen LogP contribution in [0.15, 0.2) is 18.2 Å². The number of amides is 1. The van der Waals surface area contributed by atoms with Gasteiger partial charge in [-0.1, -0.05) is 0 Å². The van der Waals surface area contributed by atoms with Gasteiger partial charge in [-0.25, -0.2) is 0 Å². The van der Waals surface area contributed by atoms with Crippen molar-refractivity contribution < 1.29 is 4.79 Å². The molecule has 0 unspecified atom stereocenters. The second-order valence-electron chi connectivity index (χ2n) is 4.30. The van der Waals surface area contributed by atoms with Gasteiger partial charge in [0.2, 0.25) is 5.91 Å². The predicted octanol–water partition coefficient (Wildman–Crippen LogP) is 1.57. The molecule has 0 fully saturated rings. The number of nitriles is 1. The first kappa shape index (κ1) is 13.0. The van der Waals surface area contributed by atoms with Crippen LogP contribution in [0.5, 0.6) is 0 Å². The molecule has 0 heterocycles. The molecule has 0 bridgehead atoms. The molecule has 4 heteroatoms. The lowest BCUT2D eigenvalue weighted by molar-refractivity contribution is -0.116. The Hall–Kier alpha value is -2.02. The first-order valence-electron chi connectivity index (χ1n) is 5.51. The van der Waals surface area contributed by atoms with Crippen molar-refractivity contribution in [3.8, 4) is 6.07 Å². The van der Waals surface area contributed by atoms with Crippen molar-refractivity contribution in [2.75, 3.05) is 11.4 Å². The number of benzene rings is 1. The Bertz CT molecular complexity index is 460. The fourth-order valence-corrected chi connectivity index (χ4v) is 1.76. The summed E-state index contributed by atoms with van der Waals surface area (Å²) in [5, 5.41) is 8.81. The van der Waals surface area contributed by atoms with Crippen LogP contribution in [-0.4, -0.2) is 18.5 Å². The average Bonchev–Trinajstić information content (AvgIpc) is 2.25. The molecule has 1 aromatic carbocycles. The van der Waals surface area contributed by atoms with E-state index in [0.29, 0.717) is 5.56 Å². The van der Waals surface area contributed by atoms with Gasteiger partial charge in [-0.05, 0) is 44.5 Å². The number of nitrogens with two attached hydrogens (primary N) is 1. The van der Waals surface area contributed by atoms with Gasteiger partial charge in [-0.2, -0.15) is 5.26 Å². The molecule has 4 nitrogen and oxygen atoms in total. The van der Waals surface area contributed by atoms with Crippen molar-refractivity contribution in [2.45, 2.75) is 26.8 Å². The highest BCUT2D eigenvalue weighted by molar-refractivity contribution is 5.80. The smallest absolute Gasteiger partial charge is 0.236 e. The van der Waals surface area contributed by atoms with Crippen molar-refractivity contribution in [3.63, 3.8) is 0 Å². The second-order valence-corrected chi connectivity index (χ2v) is 4.30. The van der Waals surface area contributed by atoms with Gasteiger partial charge in [0, 0.05) is 11.7 Å². The summed E-state index contributed by atoms with van der Waals surface area (Å²) in [7, 11) is 0. The van der Waals surface area contributed by atoms with Crippen molar-refractivity contribution in [1.82, 2.24) is 0 Å². The highest BCUT2D eigenvalue weighted by Crippen LogP contribution is 2.22. The molecular formula is C13H17N3O. The summed E-state index contributed by atoms with van der Waals surface area (Å²) < 4.78 is 0. The molecular weight excluding hydrogens is 214 g/mol. The van der Waals surface area contributed by atoms with E-state index in [4.69, 9.17) is 11.0 Å². The summed E-state index contributed by atoms with van der Waals surface area (Å²) in [6.07, 6.45) is 0. The number of hydrogen-bond donors (Lipinski definition) is 1. The Morgan fingerprint density at radius 1 is 1.53 bits per heavy atom. The summed E-state index contributed by atoms with van der Waals surface area (Å²) in [6, 6.07) is 7.69. The molecule has 1 aromatic rings. The zero-order valence-corrected chi connectivity index (χ0v) is 10.4. The summed E-state index contributed by atoms with van der Waals surface area (Å²) in [6.45, 7) is 6.11. The van der Waals surface area contributed by atoms with Crippen molar-refractivity contribution >= 4 is 11.6 Å². The first-order valence-corrected chi connectivity index (χ1v) is 5.51. The molecule has 2 N–H and O–H groups in total. The number of carbonyl (C=O) groups excluding carboxylic acids is 1. The highest BCUT2D eigenvalue weighted by Gasteiger charge is 2.15. The maximum absolute atomic E-state index is 11.1. The quantitative estimate of drug-likeness (QED) is 0.855. The SMILES string of the molecule is Cc1cc(C#N)ccc1N(CC(N)=O)C(C)C. The number of aryl methyl sites for hydroxylation is 1.